The zero-order valence-electron chi connectivity index (χ0n) is 11.7. The molecule has 8 heteroatoms. The van der Waals surface area contributed by atoms with Gasteiger partial charge in [-0.05, 0) is 0 Å². The van der Waals surface area contributed by atoms with E-state index in [0.717, 1.165) is 18.3 Å². The molecule has 2 aromatic rings. The van der Waals surface area contributed by atoms with Crippen LogP contribution in [0, 0.1) is 41.2 Å². The van der Waals surface area contributed by atoms with Crippen molar-refractivity contribution in [1.29, 1.82) is 0 Å². The van der Waals surface area contributed by atoms with Crippen LogP contribution in [0.2, 0.25) is 0 Å². The van der Waals surface area contributed by atoms with Gasteiger partial charge in [0.05, 0.1) is 0 Å². The van der Waals surface area contributed by atoms with E-state index in [0.29, 0.717) is 0 Å². The molecule has 0 N–H and O–H groups in total. The quantitative estimate of drug-likeness (QED) is 0.352. The zero-order valence-corrected chi connectivity index (χ0v) is 15.5. The monoisotopic (exact) mass is 478 g/mol. The van der Waals surface area contributed by atoms with Crippen molar-refractivity contribution in [1.82, 2.24) is 0 Å². The van der Waals surface area contributed by atoms with Gasteiger partial charge in [0, 0.05) is 0 Å². The van der Waals surface area contributed by atoms with Crippen LogP contribution >= 0.6 is 30.3 Å². The fourth-order valence-electron chi connectivity index (χ4n) is 1.86. The molecule has 0 aliphatic carbocycles. The first-order valence-corrected chi connectivity index (χ1v) is 13.2. The van der Waals surface area contributed by atoms with E-state index in [1.54, 1.807) is 24.3 Å². The Hall–Kier alpha value is -1.55. The molecular weight excluding hydrogens is 467 g/mol. The normalized spacial score (nSPS) is 11.1. The SMILES string of the molecule is Cc1ccc([N+](=O)[O-])cc1I(Br)c1cc([N+](=O)[O-])ccc1C. The van der Waals surface area contributed by atoms with Crippen LogP contribution in [0.25, 0.3) is 0 Å². The number of nitro groups is 2. The molecule has 0 saturated carbocycles. The summed E-state index contributed by atoms with van der Waals surface area (Å²) in [6.07, 6.45) is 0. The van der Waals surface area contributed by atoms with Crippen LogP contribution in [0.3, 0.4) is 0 Å². The number of nitrogens with zero attached hydrogens (tertiary/aromatic N) is 2. The van der Waals surface area contributed by atoms with Crippen molar-refractivity contribution in [3.63, 3.8) is 0 Å². The summed E-state index contributed by atoms with van der Waals surface area (Å²) in [4.78, 5) is 21.0. The Morgan fingerprint density at radius 3 is 1.55 bits per heavy atom. The molecule has 0 atom stereocenters. The van der Waals surface area contributed by atoms with E-state index in [2.05, 4.69) is 12.7 Å². The molecule has 0 spiro atoms. The first-order valence-electron chi connectivity index (χ1n) is 6.17. The molecule has 2 rings (SSSR count). The summed E-state index contributed by atoms with van der Waals surface area (Å²) < 4.78 is 1.75. The first-order chi connectivity index (χ1) is 10.3. The van der Waals surface area contributed by atoms with E-state index < -0.39 is 27.4 Å². The molecule has 0 aliphatic rings. The molecule has 0 saturated heterocycles. The summed E-state index contributed by atoms with van der Waals surface area (Å²) in [6, 6.07) is 9.49. The Balaban J connectivity index is 2.54. The average Bonchev–Trinajstić information content (AvgIpc) is 2.47. The van der Waals surface area contributed by atoms with Crippen molar-refractivity contribution in [3.8, 4) is 0 Å². The second-order valence-electron chi connectivity index (χ2n) is 4.62. The van der Waals surface area contributed by atoms with Crippen molar-refractivity contribution < 1.29 is 9.85 Å². The van der Waals surface area contributed by atoms with Gasteiger partial charge in [0.1, 0.15) is 0 Å². The predicted molar refractivity (Wildman–Crippen MR) is 96.0 cm³/mol. The molecule has 0 heterocycles. The molecule has 0 amide bonds. The van der Waals surface area contributed by atoms with Crippen molar-refractivity contribution in [2.24, 2.45) is 0 Å². The number of halogens is 2. The Bertz CT molecular complexity index is 703. The molecule has 2 aromatic carbocycles. The van der Waals surface area contributed by atoms with Crippen LogP contribution < -0.4 is 0 Å². The molecule has 116 valence electrons. The summed E-state index contributed by atoms with van der Waals surface area (Å²) in [5.74, 6) is 0. The molecule has 22 heavy (non-hydrogen) atoms. The Morgan fingerprint density at radius 2 is 1.23 bits per heavy atom. The van der Waals surface area contributed by atoms with E-state index >= 15 is 0 Å². The van der Waals surface area contributed by atoms with Crippen LogP contribution in [-0.2, 0) is 0 Å². The van der Waals surface area contributed by atoms with Crippen molar-refractivity contribution in [2.45, 2.75) is 13.8 Å². The average molecular weight is 479 g/mol. The number of hydrogen-bond acceptors (Lipinski definition) is 4. The topological polar surface area (TPSA) is 86.3 Å². The van der Waals surface area contributed by atoms with Gasteiger partial charge >= 0.3 is 140 Å². The number of hydrogen-bond donors (Lipinski definition) is 0. The van der Waals surface area contributed by atoms with Gasteiger partial charge in [0.15, 0.2) is 0 Å². The summed E-state index contributed by atoms with van der Waals surface area (Å²) in [5.41, 5.74) is 1.95. The molecular formula is C14H12BrIN2O4. The van der Waals surface area contributed by atoms with E-state index in [1.807, 2.05) is 13.8 Å². The predicted octanol–water partition coefficient (Wildman–Crippen LogP) is 4.98. The van der Waals surface area contributed by atoms with Crippen molar-refractivity contribution in [2.75, 3.05) is 0 Å². The second kappa shape index (κ2) is 6.69. The second-order valence-corrected chi connectivity index (χ2v) is 12.3. The molecule has 0 radical (unpaired) electrons. The van der Waals surface area contributed by atoms with E-state index in [-0.39, 0.29) is 11.4 Å². The number of rotatable bonds is 4. The molecule has 0 aliphatic heterocycles. The third-order valence-electron chi connectivity index (χ3n) is 3.09. The maximum atomic E-state index is 11.0. The Labute approximate surface area is 140 Å². The van der Waals surface area contributed by atoms with Gasteiger partial charge in [-0.2, -0.15) is 0 Å². The Morgan fingerprint density at radius 1 is 0.864 bits per heavy atom. The number of non-ortho nitro benzene ring substituents is 2. The van der Waals surface area contributed by atoms with Gasteiger partial charge in [-0.25, -0.2) is 0 Å². The fourth-order valence-corrected chi connectivity index (χ4v) is 9.85. The van der Waals surface area contributed by atoms with Gasteiger partial charge < -0.3 is 0 Å². The van der Waals surface area contributed by atoms with Gasteiger partial charge in [0.2, 0.25) is 0 Å². The van der Waals surface area contributed by atoms with Crippen LogP contribution in [0.1, 0.15) is 11.1 Å². The third kappa shape index (κ3) is 3.43. The summed E-state index contributed by atoms with van der Waals surface area (Å²) >= 11 is 1.54. The molecule has 6 nitrogen and oxygen atoms in total. The van der Waals surface area contributed by atoms with E-state index in [1.165, 1.54) is 12.1 Å². The molecule has 0 bridgehead atoms. The maximum absolute atomic E-state index is 11.0. The first kappa shape index (κ1) is 16.8. The van der Waals surface area contributed by atoms with Crippen LogP contribution in [0.4, 0.5) is 11.4 Å². The van der Waals surface area contributed by atoms with Crippen LogP contribution in [0.15, 0.2) is 36.4 Å². The van der Waals surface area contributed by atoms with Crippen LogP contribution in [0.5, 0.6) is 0 Å². The number of benzene rings is 2. The van der Waals surface area contributed by atoms with Crippen LogP contribution in [-0.4, -0.2) is 9.85 Å². The van der Waals surface area contributed by atoms with Crippen molar-refractivity contribution >= 4 is 41.7 Å². The number of nitro benzene ring substituents is 2. The van der Waals surface area contributed by atoms with Gasteiger partial charge in [-0.15, -0.1) is 0 Å². The number of aryl methyl sites for hydroxylation is 2. The molecule has 0 fully saturated rings. The fraction of sp³-hybridized carbons (Fsp3) is 0.143. The summed E-state index contributed by atoms with van der Waals surface area (Å²) in [5, 5.41) is 21.9. The van der Waals surface area contributed by atoms with Gasteiger partial charge in [-0.1, -0.05) is 0 Å². The summed E-state index contributed by atoms with van der Waals surface area (Å²) in [6.45, 7) is 3.77. The Kier molecular flexibility index (Phi) is 5.12. The van der Waals surface area contributed by atoms with Crippen molar-refractivity contribution in [3.05, 3.63) is 74.9 Å². The minimum atomic E-state index is -2.13. The van der Waals surface area contributed by atoms with E-state index in [4.69, 9.17) is 0 Å². The zero-order chi connectivity index (χ0) is 16.4. The third-order valence-corrected chi connectivity index (χ3v) is 11.8. The molecule has 0 aromatic heterocycles. The van der Waals surface area contributed by atoms with E-state index in [9.17, 15) is 20.2 Å². The minimum absolute atomic E-state index is 0.0328. The standard InChI is InChI=1S/C14H12BrIN2O4/c1-9-3-5-11(17(19)20)7-13(9)16(15)14-8-12(18(21)22)6-4-10(14)2/h3-8H,1-2H3. The van der Waals surface area contributed by atoms with Gasteiger partial charge in [0.25, 0.3) is 0 Å². The summed E-state index contributed by atoms with van der Waals surface area (Å²) in [7, 11) is 0. The van der Waals surface area contributed by atoms with Gasteiger partial charge in [-0.3, -0.25) is 0 Å². The molecule has 0 unspecified atom stereocenters.